The van der Waals surface area contributed by atoms with Crippen molar-refractivity contribution in [2.45, 2.75) is 38.5 Å². The molecule has 0 aliphatic carbocycles. The topological polar surface area (TPSA) is 72.4 Å². The van der Waals surface area contributed by atoms with Crippen LogP contribution >= 0.6 is 0 Å². The highest BCUT2D eigenvalue weighted by molar-refractivity contribution is 5.76. The van der Waals surface area contributed by atoms with Crippen molar-refractivity contribution in [1.82, 2.24) is 9.88 Å². The number of nitrogens with zero attached hydrogens (tertiary/aromatic N) is 2. The first-order valence-electron chi connectivity index (χ1n) is 7.16. The molecule has 1 saturated heterocycles. The Morgan fingerprint density at radius 3 is 2.84 bits per heavy atom. The van der Waals surface area contributed by atoms with Crippen molar-refractivity contribution in [3.05, 3.63) is 18.4 Å². The molecule has 1 fully saturated rings. The number of likely N-dealkylation sites (tertiary alicyclic amines) is 1. The second kappa shape index (κ2) is 7.28. The fraction of sp³-hybridized carbons (Fsp3) is 0.714. The standard InChI is InChI=1S/C14H23N3O2/c15-14(18)12(11-13-16-6-10-19-13)5-4-9-17-7-2-1-3-8-17/h6,10,12H,1-5,7-9,11H2,(H2,15,18). The number of hydrogen-bond donors (Lipinski definition) is 1. The van der Waals surface area contributed by atoms with Crippen LogP contribution in [0, 0.1) is 5.92 Å². The molecule has 19 heavy (non-hydrogen) atoms. The van der Waals surface area contributed by atoms with E-state index in [-0.39, 0.29) is 11.8 Å². The minimum absolute atomic E-state index is 0.163. The summed E-state index contributed by atoms with van der Waals surface area (Å²) in [5, 5.41) is 0. The summed E-state index contributed by atoms with van der Waals surface area (Å²) in [5.41, 5.74) is 5.45. The van der Waals surface area contributed by atoms with Gasteiger partial charge in [0.15, 0.2) is 5.89 Å². The lowest BCUT2D eigenvalue weighted by Gasteiger charge is -2.26. The number of hydrogen-bond acceptors (Lipinski definition) is 4. The fourth-order valence-corrected chi connectivity index (χ4v) is 2.65. The quantitative estimate of drug-likeness (QED) is 0.812. The third-order valence-corrected chi connectivity index (χ3v) is 3.78. The Kier molecular flexibility index (Phi) is 5.39. The molecule has 106 valence electrons. The van der Waals surface area contributed by atoms with E-state index >= 15 is 0 Å². The third-order valence-electron chi connectivity index (χ3n) is 3.78. The molecule has 1 aromatic heterocycles. The molecule has 0 saturated carbocycles. The number of carbonyl (C=O) groups excluding carboxylic acids is 1. The van der Waals surface area contributed by atoms with Gasteiger partial charge >= 0.3 is 0 Å². The molecule has 0 spiro atoms. The van der Waals surface area contributed by atoms with Gasteiger partial charge in [0.25, 0.3) is 0 Å². The number of aromatic nitrogens is 1. The second-order valence-electron chi connectivity index (χ2n) is 5.27. The maximum atomic E-state index is 11.4. The highest BCUT2D eigenvalue weighted by Crippen LogP contribution is 2.15. The average Bonchev–Trinajstić information content (AvgIpc) is 2.91. The van der Waals surface area contributed by atoms with Crippen LogP contribution in [0.15, 0.2) is 16.9 Å². The van der Waals surface area contributed by atoms with Crippen LogP contribution in [-0.4, -0.2) is 35.4 Å². The van der Waals surface area contributed by atoms with E-state index in [0.29, 0.717) is 12.3 Å². The first-order chi connectivity index (χ1) is 9.25. The van der Waals surface area contributed by atoms with Crippen LogP contribution < -0.4 is 5.73 Å². The van der Waals surface area contributed by atoms with Crippen molar-refractivity contribution in [3.8, 4) is 0 Å². The molecule has 0 aromatic carbocycles. The normalized spacial score (nSPS) is 18.3. The summed E-state index contributed by atoms with van der Waals surface area (Å²) in [6, 6.07) is 0. The number of rotatable bonds is 7. The van der Waals surface area contributed by atoms with Gasteiger partial charge in [-0.05, 0) is 45.3 Å². The molecular formula is C14H23N3O2. The zero-order chi connectivity index (χ0) is 13.5. The third kappa shape index (κ3) is 4.67. The summed E-state index contributed by atoms with van der Waals surface area (Å²) in [6.07, 6.45) is 9.42. The molecule has 5 heteroatoms. The molecule has 1 atom stereocenters. The highest BCUT2D eigenvalue weighted by Gasteiger charge is 2.19. The van der Waals surface area contributed by atoms with Gasteiger partial charge in [0, 0.05) is 12.3 Å². The highest BCUT2D eigenvalue weighted by atomic mass is 16.3. The van der Waals surface area contributed by atoms with Gasteiger partial charge in [0.1, 0.15) is 6.26 Å². The Bertz CT molecular complexity index is 372. The van der Waals surface area contributed by atoms with Gasteiger partial charge in [-0.15, -0.1) is 0 Å². The molecule has 2 N–H and O–H groups in total. The van der Waals surface area contributed by atoms with Crippen LogP contribution in [0.3, 0.4) is 0 Å². The van der Waals surface area contributed by atoms with E-state index in [0.717, 1.165) is 19.4 Å². The van der Waals surface area contributed by atoms with Crippen LogP contribution in [0.4, 0.5) is 0 Å². The Balaban J connectivity index is 1.72. The molecule has 2 heterocycles. The molecule has 1 aliphatic rings. The molecule has 2 rings (SSSR count). The Labute approximate surface area is 114 Å². The van der Waals surface area contributed by atoms with Crippen molar-refractivity contribution in [2.75, 3.05) is 19.6 Å². The smallest absolute Gasteiger partial charge is 0.221 e. The van der Waals surface area contributed by atoms with Gasteiger partial charge in [0.05, 0.1) is 6.20 Å². The molecule has 0 bridgehead atoms. The van der Waals surface area contributed by atoms with Gasteiger partial charge in [0.2, 0.25) is 5.91 Å². The van der Waals surface area contributed by atoms with Crippen LogP contribution in [0.5, 0.6) is 0 Å². The molecule has 0 radical (unpaired) electrons. The Morgan fingerprint density at radius 2 is 2.21 bits per heavy atom. The maximum absolute atomic E-state index is 11.4. The van der Waals surface area contributed by atoms with Gasteiger partial charge in [-0.2, -0.15) is 0 Å². The van der Waals surface area contributed by atoms with Crippen LogP contribution in [0.1, 0.15) is 38.0 Å². The second-order valence-corrected chi connectivity index (χ2v) is 5.27. The number of oxazole rings is 1. The first-order valence-corrected chi connectivity index (χ1v) is 7.16. The summed E-state index contributed by atoms with van der Waals surface area (Å²) in [7, 11) is 0. The summed E-state index contributed by atoms with van der Waals surface area (Å²) >= 11 is 0. The summed E-state index contributed by atoms with van der Waals surface area (Å²) < 4.78 is 5.18. The minimum atomic E-state index is -0.253. The monoisotopic (exact) mass is 265 g/mol. The number of primary amides is 1. The van der Waals surface area contributed by atoms with E-state index in [1.54, 1.807) is 6.20 Å². The lowest BCUT2D eigenvalue weighted by Crippen LogP contribution is -2.32. The van der Waals surface area contributed by atoms with Crippen molar-refractivity contribution in [1.29, 1.82) is 0 Å². The number of amides is 1. The van der Waals surface area contributed by atoms with Crippen molar-refractivity contribution in [3.63, 3.8) is 0 Å². The van der Waals surface area contributed by atoms with E-state index in [2.05, 4.69) is 9.88 Å². The van der Waals surface area contributed by atoms with E-state index in [1.165, 1.54) is 38.6 Å². The van der Waals surface area contributed by atoms with Crippen molar-refractivity contribution in [2.24, 2.45) is 11.7 Å². The summed E-state index contributed by atoms with van der Waals surface area (Å²) in [4.78, 5) is 18.0. The molecule has 1 amide bonds. The minimum Gasteiger partial charge on any atom is -0.449 e. The molecule has 1 aliphatic heterocycles. The van der Waals surface area contributed by atoms with E-state index in [1.807, 2.05) is 0 Å². The average molecular weight is 265 g/mol. The van der Waals surface area contributed by atoms with Gasteiger partial charge in [-0.25, -0.2) is 4.98 Å². The summed E-state index contributed by atoms with van der Waals surface area (Å²) in [6.45, 7) is 3.46. The zero-order valence-corrected chi connectivity index (χ0v) is 11.4. The van der Waals surface area contributed by atoms with E-state index < -0.39 is 0 Å². The van der Waals surface area contributed by atoms with E-state index in [9.17, 15) is 4.79 Å². The predicted molar refractivity (Wildman–Crippen MR) is 72.4 cm³/mol. The molecular weight excluding hydrogens is 242 g/mol. The van der Waals surface area contributed by atoms with Crippen LogP contribution in [0.25, 0.3) is 0 Å². The first kappa shape index (κ1) is 14.1. The Morgan fingerprint density at radius 1 is 1.42 bits per heavy atom. The maximum Gasteiger partial charge on any atom is 0.221 e. The lowest BCUT2D eigenvalue weighted by molar-refractivity contribution is -0.122. The van der Waals surface area contributed by atoms with E-state index in [4.69, 9.17) is 10.2 Å². The number of piperidine rings is 1. The van der Waals surface area contributed by atoms with Gasteiger partial charge < -0.3 is 15.1 Å². The molecule has 1 aromatic rings. The van der Waals surface area contributed by atoms with Crippen molar-refractivity contribution < 1.29 is 9.21 Å². The molecule has 1 unspecified atom stereocenters. The Hall–Kier alpha value is -1.36. The zero-order valence-electron chi connectivity index (χ0n) is 11.4. The van der Waals surface area contributed by atoms with Crippen LogP contribution in [0.2, 0.25) is 0 Å². The largest absolute Gasteiger partial charge is 0.449 e. The SMILES string of the molecule is NC(=O)C(CCCN1CCCCC1)Cc1ncco1. The number of carbonyl (C=O) groups is 1. The number of nitrogens with two attached hydrogens (primary N) is 1. The fourth-order valence-electron chi connectivity index (χ4n) is 2.65. The van der Waals surface area contributed by atoms with Crippen LogP contribution in [-0.2, 0) is 11.2 Å². The summed E-state index contributed by atoms with van der Waals surface area (Å²) in [5.74, 6) is 0.182. The lowest BCUT2D eigenvalue weighted by atomic mass is 9.98. The van der Waals surface area contributed by atoms with Gasteiger partial charge in [-0.1, -0.05) is 6.42 Å². The predicted octanol–water partition coefficient (Wildman–Crippen LogP) is 1.58. The van der Waals surface area contributed by atoms with Crippen molar-refractivity contribution >= 4 is 5.91 Å². The molecule has 5 nitrogen and oxygen atoms in total. The van der Waals surface area contributed by atoms with Gasteiger partial charge in [-0.3, -0.25) is 4.79 Å².